The van der Waals surface area contributed by atoms with Crippen LogP contribution in [0.15, 0.2) is 11.3 Å². The molecule has 0 aromatic rings. The van der Waals surface area contributed by atoms with Crippen molar-refractivity contribution in [2.24, 2.45) is 11.8 Å². The number of likely N-dealkylation sites (tertiary alicyclic amines) is 1. The molecule has 1 amide bonds. The zero-order valence-corrected chi connectivity index (χ0v) is 11.3. The molecular formula is C14H20N2O3. The molecule has 0 aliphatic carbocycles. The van der Waals surface area contributed by atoms with Crippen molar-refractivity contribution in [1.82, 2.24) is 10.2 Å². The van der Waals surface area contributed by atoms with E-state index in [1.165, 1.54) is 0 Å². The van der Waals surface area contributed by atoms with Gasteiger partial charge in [0.2, 0.25) is 5.91 Å². The van der Waals surface area contributed by atoms with Crippen molar-refractivity contribution in [3.05, 3.63) is 11.3 Å². The number of piperidine rings is 1. The van der Waals surface area contributed by atoms with Gasteiger partial charge in [0.15, 0.2) is 0 Å². The molecule has 0 aromatic carbocycles. The van der Waals surface area contributed by atoms with E-state index in [4.69, 9.17) is 4.74 Å². The Bertz CT molecular complexity index is 438. The minimum atomic E-state index is -0.284. The summed E-state index contributed by atoms with van der Waals surface area (Å²) in [5.41, 5.74) is 1.38. The lowest BCUT2D eigenvalue weighted by atomic mass is 9.84. The molecule has 2 saturated heterocycles. The van der Waals surface area contributed by atoms with Gasteiger partial charge in [-0.15, -0.1) is 0 Å². The van der Waals surface area contributed by atoms with Gasteiger partial charge in [-0.3, -0.25) is 4.79 Å². The normalized spacial score (nSPS) is 29.3. The van der Waals surface area contributed by atoms with Crippen LogP contribution in [0.3, 0.4) is 0 Å². The zero-order valence-electron chi connectivity index (χ0n) is 11.3. The van der Waals surface area contributed by atoms with E-state index in [2.05, 4.69) is 5.32 Å². The average Bonchev–Trinajstić information content (AvgIpc) is 2.96. The molecule has 2 fully saturated rings. The summed E-state index contributed by atoms with van der Waals surface area (Å²) >= 11 is 0. The first-order valence-electron chi connectivity index (χ1n) is 7.07. The van der Waals surface area contributed by atoms with Gasteiger partial charge < -0.3 is 15.0 Å². The van der Waals surface area contributed by atoms with Crippen molar-refractivity contribution in [3.63, 3.8) is 0 Å². The highest BCUT2D eigenvalue weighted by Gasteiger charge is 2.41. The molecule has 19 heavy (non-hydrogen) atoms. The Kier molecular flexibility index (Phi) is 3.31. The summed E-state index contributed by atoms with van der Waals surface area (Å²) in [6.07, 6.45) is 3.07. The molecule has 3 aliphatic rings. The molecule has 0 saturated carbocycles. The van der Waals surface area contributed by atoms with Crippen LogP contribution in [0.2, 0.25) is 0 Å². The van der Waals surface area contributed by atoms with Gasteiger partial charge in [-0.2, -0.15) is 0 Å². The van der Waals surface area contributed by atoms with Gasteiger partial charge >= 0.3 is 5.97 Å². The number of nitrogens with one attached hydrogen (secondary N) is 1. The first-order valence-corrected chi connectivity index (χ1v) is 7.07. The fourth-order valence-corrected chi connectivity index (χ4v) is 3.40. The van der Waals surface area contributed by atoms with Crippen LogP contribution < -0.4 is 5.32 Å². The molecule has 3 rings (SSSR count). The van der Waals surface area contributed by atoms with E-state index >= 15 is 0 Å². The summed E-state index contributed by atoms with van der Waals surface area (Å²) in [6, 6.07) is 0. The van der Waals surface area contributed by atoms with Gasteiger partial charge in [-0.1, -0.05) is 0 Å². The second-order valence-electron chi connectivity index (χ2n) is 5.62. The van der Waals surface area contributed by atoms with Gasteiger partial charge in [0.05, 0.1) is 11.3 Å². The maximum atomic E-state index is 12.5. The van der Waals surface area contributed by atoms with Crippen molar-refractivity contribution < 1.29 is 14.3 Å². The fraction of sp³-hybridized carbons (Fsp3) is 0.714. The van der Waals surface area contributed by atoms with Crippen LogP contribution >= 0.6 is 0 Å². The van der Waals surface area contributed by atoms with Crippen LogP contribution in [0.25, 0.3) is 0 Å². The fourth-order valence-electron chi connectivity index (χ4n) is 3.40. The molecular weight excluding hydrogens is 244 g/mol. The van der Waals surface area contributed by atoms with E-state index in [1.807, 2.05) is 0 Å². The van der Waals surface area contributed by atoms with Crippen LogP contribution in [0.4, 0.5) is 0 Å². The van der Waals surface area contributed by atoms with Crippen molar-refractivity contribution in [2.75, 3.05) is 26.2 Å². The number of hydrogen-bond donors (Lipinski definition) is 1. The van der Waals surface area contributed by atoms with Gasteiger partial charge in [0.25, 0.3) is 0 Å². The van der Waals surface area contributed by atoms with Crippen LogP contribution in [0.1, 0.15) is 26.2 Å². The lowest BCUT2D eigenvalue weighted by molar-refractivity contribution is -0.136. The minimum Gasteiger partial charge on any atom is -0.456 e. The molecule has 0 bridgehead atoms. The van der Waals surface area contributed by atoms with Crippen LogP contribution in [0.5, 0.6) is 0 Å². The summed E-state index contributed by atoms with van der Waals surface area (Å²) in [4.78, 5) is 25.7. The van der Waals surface area contributed by atoms with Gasteiger partial charge in [0.1, 0.15) is 6.61 Å². The number of rotatable bonds is 2. The first-order chi connectivity index (χ1) is 9.18. The summed E-state index contributed by atoms with van der Waals surface area (Å²) in [7, 11) is 0. The quantitative estimate of drug-likeness (QED) is 0.745. The van der Waals surface area contributed by atoms with Crippen molar-refractivity contribution in [1.29, 1.82) is 0 Å². The van der Waals surface area contributed by atoms with Crippen LogP contribution in [0, 0.1) is 11.8 Å². The van der Waals surface area contributed by atoms with E-state index < -0.39 is 0 Å². The maximum Gasteiger partial charge on any atom is 0.336 e. The Morgan fingerprint density at radius 3 is 2.58 bits per heavy atom. The SMILES string of the molecule is CC1=C(N2CC[C@H](C3CCNCC3)C2=O)COC1=O. The highest BCUT2D eigenvalue weighted by Crippen LogP contribution is 2.34. The molecule has 5 heteroatoms. The van der Waals surface area contributed by atoms with Gasteiger partial charge in [-0.25, -0.2) is 4.79 Å². The molecule has 0 aromatic heterocycles. The lowest BCUT2D eigenvalue weighted by Crippen LogP contribution is -2.36. The number of esters is 1. The molecule has 5 nitrogen and oxygen atoms in total. The number of carbonyl (C=O) groups excluding carboxylic acids is 2. The number of ether oxygens (including phenoxy) is 1. The Morgan fingerprint density at radius 2 is 1.95 bits per heavy atom. The van der Waals surface area contributed by atoms with E-state index in [0.717, 1.165) is 44.6 Å². The van der Waals surface area contributed by atoms with Crippen molar-refractivity contribution >= 4 is 11.9 Å². The molecule has 0 unspecified atom stereocenters. The third-order valence-electron chi connectivity index (χ3n) is 4.60. The third-order valence-corrected chi connectivity index (χ3v) is 4.60. The Labute approximate surface area is 113 Å². The molecule has 0 radical (unpaired) electrons. The van der Waals surface area contributed by atoms with Crippen LogP contribution in [-0.4, -0.2) is 43.0 Å². The number of cyclic esters (lactones) is 1. The Morgan fingerprint density at radius 1 is 1.21 bits per heavy atom. The first kappa shape index (κ1) is 12.7. The lowest BCUT2D eigenvalue weighted by Gasteiger charge is -2.27. The predicted molar refractivity (Wildman–Crippen MR) is 69.1 cm³/mol. The smallest absolute Gasteiger partial charge is 0.336 e. The number of amides is 1. The second-order valence-corrected chi connectivity index (χ2v) is 5.62. The highest BCUT2D eigenvalue weighted by atomic mass is 16.5. The largest absolute Gasteiger partial charge is 0.456 e. The van der Waals surface area contributed by atoms with Crippen molar-refractivity contribution in [3.8, 4) is 0 Å². The zero-order chi connectivity index (χ0) is 13.4. The van der Waals surface area contributed by atoms with Crippen molar-refractivity contribution in [2.45, 2.75) is 26.2 Å². The molecule has 1 N–H and O–H groups in total. The highest BCUT2D eigenvalue weighted by molar-refractivity contribution is 5.93. The monoisotopic (exact) mass is 264 g/mol. The number of hydrogen-bond acceptors (Lipinski definition) is 4. The average molecular weight is 264 g/mol. The Balaban J connectivity index is 1.73. The Hall–Kier alpha value is -1.36. The maximum absolute atomic E-state index is 12.5. The molecule has 3 aliphatic heterocycles. The minimum absolute atomic E-state index is 0.137. The van der Waals surface area contributed by atoms with E-state index in [0.29, 0.717) is 11.5 Å². The molecule has 104 valence electrons. The van der Waals surface area contributed by atoms with Crippen LogP contribution in [-0.2, 0) is 14.3 Å². The predicted octanol–water partition coefficient (Wildman–Crippen LogP) is 0.665. The number of nitrogens with zero attached hydrogens (tertiary/aromatic N) is 1. The summed E-state index contributed by atoms with van der Waals surface area (Å²) in [5.74, 6) is 0.545. The molecule has 0 spiro atoms. The second kappa shape index (κ2) is 4.96. The number of carbonyl (C=O) groups is 2. The van der Waals surface area contributed by atoms with E-state index in [9.17, 15) is 9.59 Å². The third kappa shape index (κ3) is 2.16. The van der Waals surface area contributed by atoms with Gasteiger partial charge in [0, 0.05) is 12.5 Å². The standard InChI is InChI=1S/C14H20N2O3/c1-9-12(8-19-14(9)18)16-7-4-11(13(16)17)10-2-5-15-6-3-10/h10-11,15H,2-8H2,1H3/t11-/m1/s1. The summed E-state index contributed by atoms with van der Waals surface area (Å²) < 4.78 is 5.00. The van der Waals surface area contributed by atoms with E-state index in [1.54, 1.807) is 11.8 Å². The van der Waals surface area contributed by atoms with E-state index in [-0.39, 0.29) is 24.4 Å². The molecule has 1 atom stereocenters. The molecule has 3 heterocycles. The topological polar surface area (TPSA) is 58.6 Å². The summed E-state index contributed by atoms with van der Waals surface area (Å²) in [6.45, 7) is 4.76. The summed E-state index contributed by atoms with van der Waals surface area (Å²) in [5, 5.41) is 3.33. The van der Waals surface area contributed by atoms with Gasteiger partial charge in [-0.05, 0) is 45.2 Å².